The van der Waals surface area contributed by atoms with Crippen molar-refractivity contribution in [3.63, 3.8) is 0 Å². The minimum atomic E-state index is -0.184. The van der Waals surface area contributed by atoms with E-state index in [1.165, 1.54) is 19.4 Å². The zero-order valence-electron chi connectivity index (χ0n) is 18.2. The molecule has 0 spiro atoms. The zero-order chi connectivity index (χ0) is 21.4. The van der Waals surface area contributed by atoms with Crippen molar-refractivity contribution in [2.45, 2.75) is 31.8 Å². The lowest BCUT2D eigenvalue weighted by Crippen LogP contribution is -2.52. The second-order valence-corrected chi connectivity index (χ2v) is 9.36. The Morgan fingerprint density at radius 1 is 1.16 bits per heavy atom. The number of carbonyl (C=O) groups excluding carboxylic acids is 2. The topological polar surface area (TPSA) is 84.1 Å². The van der Waals surface area contributed by atoms with E-state index in [9.17, 15) is 9.59 Å². The molecule has 0 bridgehead atoms. The molecule has 2 aliphatic heterocycles. The lowest BCUT2D eigenvalue weighted by Gasteiger charge is -2.38. The molecule has 2 saturated heterocycles. The molecule has 1 saturated carbocycles. The molecule has 9 heteroatoms. The Balaban J connectivity index is 1.10. The van der Waals surface area contributed by atoms with Crippen LogP contribution in [0.3, 0.4) is 0 Å². The monoisotopic (exact) mass is 428 g/mol. The van der Waals surface area contributed by atoms with Crippen LogP contribution in [0.25, 0.3) is 5.65 Å². The summed E-state index contributed by atoms with van der Waals surface area (Å²) in [4.78, 5) is 29.6. The molecular weight excluding hydrogens is 396 g/mol. The van der Waals surface area contributed by atoms with Crippen molar-refractivity contribution in [3.8, 4) is 0 Å². The number of fused-ring (bicyclic) bond motifs is 1. The first kappa shape index (κ1) is 20.5. The quantitative estimate of drug-likeness (QED) is 0.704. The number of likely N-dealkylation sites (tertiary alicyclic amines) is 1. The Bertz CT molecular complexity index is 940. The van der Waals surface area contributed by atoms with Crippen LogP contribution in [0.2, 0.25) is 0 Å². The van der Waals surface area contributed by atoms with Crippen LogP contribution in [0.5, 0.6) is 0 Å². The normalized spacial score (nSPS) is 23.6. The Labute approximate surface area is 182 Å². The number of hydrogen-bond acceptors (Lipinski definition) is 5. The highest BCUT2D eigenvalue weighted by Gasteiger charge is 2.31. The minimum Gasteiger partial charge on any atom is -0.365 e. The first-order chi connectivity index (χ1) is 15.1. The zero-order valence-corrected chi connectivity index (χ0v) is 18.2. The molecule has 9 nitrogen and oxygen atoms in total. The third kappa shape index (κ3) is 4.62. The van der Waals surface area contributed by atoms with Crippen molar-refractivity contribution in [1.29, 1.82) is 0 Å². The Morgan fingerprint density at radius 3 is 2.71 bits per heavy atom. The van der Waals surface area contributed by atoms with Crippen LogP contribution in [0.15, 0.2) is 18.6 Å². The van der Waals surface area contributed by atoms with Crippen molar-refractivity contribution in [2.75, 3.05) is 45.9 Å². The SMILES string of the molecule is Cn1ccn2ncc(C(=O)NCC3CN(CC4CCN(CC5CC5)CC4)C(=O)CO3)c12. The molecule has 0 aromatic carbocycles. The molecular formula is C22H32N6O3. The van der Waals surface area contributed by atoms with Gasteiger partial charge in [-0.1, -0.05) is 0 Å². The summed E-state index contributed by atoms with van der Waals surface area (Å²) in [5, 5.41) is 7.17. The van der Waals surface area contributed by atoms with E-state index in [0.29, 0.717) is 24.6 Å². The van der Waals surface area contributed by atoms with Crippen molar-refractivity contribution in [2.24, 2.45) is 18.9 Å². The smallest absolute Gasteiger partial charge is 0.256 e. The Kier molecular flexibility index (Phi) is 5.71. The predicted molar refractivity (Wildman–Crippen MR) is 115 cm³/mol. The molecule has 2 amide bonds. The van der Waals surface area contributed by atoms with Crippen LogP contribution in [0.4, 0.5) is 0 Å². The number of aryl methyl sites for hydroxylation is 1. The predicted octanol–water partition coefficient (Wildman–Crippen LogP) is 0.752. The highest BCUT2D eigenvalue weighted by molar-refractivity contribution is 5.99. The number of aromatic nitrogens is 3. The summed E-state index contributed by atoms with van der Waals surface area (Å²) in [7, 11) is 1.89. The van der Waals surface area contributed by atoms with Gasteiger partial charge in [0, 0.05) is 45.6 Å². The number of carbonyl (C=O) groups is 2. The number of morpholine rings is 1. The Hall–Kier alpha value is -2.39. The minimum absolute atomic E-state index is 0.0603. The maximum absolute atomic E-state index is 12.7. The summed E-state index contributed by atoms with van der Waals surface area (Å²) in [6.45, 7) is 5.38. The van der Waals surface area contributed by atoms with Gasteiger partial charge in [0.2, 0.25) is 5.91 Å². The second-order valence-electron chi connectivity index (χ2n) is 9.36. The number of ether oxygens (including phenoxy) is 1. The van der Waals surface area contributed by atoms with Gasteiger partial charge in [0.05, 0.1) is 12.3 Å². The highest BCUT2D eigenvalue weighted by atomic mass is 16.5. The van der Waals surface area contributed by atoms with E-state index in [0.717, 1.165) is 44.0 Å². The van der Waals surface area contributed by atoms with Crippen molar-refractivity contribution in [1.82, 2.24) is 29.3 Å². The maximum Gasteiger partial charge on any atom is 0.256 e. The van der Waals surface area contributed by atoms with Crippen molar-refractivity contribution < 1.29 is 14.3 Å². The van der Waals surface area contributed by atoms with Crippen molar-refractivity contribution >= 4 is 17.5 Å². The van der Waals surface area contributed by atoms with Gasteiger partial charge in [0.15, 0.2) is 0 Å². The summed E-state index contributed by atoms with van der Waals surface area (Å²) in [5.41, 5.74) is 1.29. The highest BCUT2D eigenvalue weighted by Crippen LogP contribution is 2.31. The number of amides is 2. The lowest BCUT2D eigenvalue weighted by atomic mass is 9.95. The van der Waals surface area contributed by atoms with Crippen LogP contribution in [0, 0.1) is 11.8 Å². The number of nitrogens with zero attached hydrogens (tertiary/aromatic N) is 5. The molecule has 1 atom stereocenters. The maximum atomic E-state index is 12.7. The second kappa shape index (κ2) is 8.63. The molecule has 0 radical (unpaired) electrons. The lowest BCUT2D eigenvalue weighted by molar-refractivity contribution is -0.149. The summed E-state index contributed by atoms with van der Waals surface area (Å²) in [6.07, 6.45) is 10.2. The summed E-state index contributed by atoms with van der Waals surface area (Å²) in [5.74, 6) is 1.39. The molecule has 1 unspecified atom stereocenters. The van der Waals surface area contributed by atoms with Crippen LogP contribution in [-0.2, 0) is 16.6 Å². The van der Waals surface area contributed by atoms with E-state index in [-0.39, 0.29) is 24.5 Å². The van der Waals surface area contributed by atoms with E-state index in [1.54, 1.807) is 10.7 Å². The van der Waals surface area contributed by atoms with Crippen LogP contribution in [0.1, 0.15) is 36.0 Å². The number of piperidine rings is 1. The van der Waals surface area contributed by atoms with Gasteiger partial charge < -0.3 is 24.4 Å². The molecule has 1 N–H and O–H groups in total. The molecule has 31 heavy (non-hydrogen) atoms. The van der Waals surface area contributed by atoms with E-state index < -0.39 is 0 Å². The van der Waals surface area contributed by atoms with Gasteiger partial charge in [-0.25, -0.2) is 4.52 Å². The number of hydrogen-bond donors (Lipinski definition) is 1. The Morgan fingerprint density at radius 2 is 1.94 bits per heavy atom. The first-order valence-electron chi connectivity index (χ1n) is 11.5. The van der Waals surface area contributed by atoms with Crippen molar-refractivity contribution in [3.05, 3.63) is 24.2 Å². The number of nitrogens with one attached hydrogen (secondary N) is 1. The number of rotatable bonds is 7. The van der Waals surface area contributed by atoms with Crippen LogP contribution >= 0.6 is 0 Å². The van der Waals surface area contributed by atoms with E-state index in [4.69, 9.17) is 4.74 Å². The molecule has 168 valence electrons. The molecule has 3 aliphatic rings. The van der Waals surface area contributed by atoms with Gasteiger partial charge in [-0.05, 0) is 50.6 Å². The van der Waals surface area contributed by atoms with Gasteiger partial charge in [0.1, 0.15) is 17.8 Å². The van der Waals surface area contributed by atoms with E-state index >= 15 is 0 Å². The fourth-order valence-corrected chi connectivity index (χ4v) is 4.82. The van der Waals surface area contributed by atoms with Crippen LogP contribution in [-0.4, -0.2) is 87.8 Å². The summed E-state index contributed by atoms with van der Waals surface area (Å²) < 4.78 is 9.25. The molecule has 3 fully saturated rings. The van der Waals surface area contributed by atoms with Crippen LogP contribution < -0.4 is 5.32 Å². The average Bonchev–Trinajstić information content (AvgIpc) is 3.36. The molecule has 2 aromatic rings. The fourth-order valence-electron chi connectivity index (χ4n) is 4.82. The first-order valence-corrected chi connectivity index (χ1v) is 11.5. The number of imidazole rings is 1. The third-order valence-corrected chi connectivity index (χ3v) is 6.89. The van der Waals surface area contributed by atoms with Gasteiger partial charge in [-0.15, -0.1) is 0 Å². The van der Waals surface area contributed by atoms with Gasteiger partial charge in [-0.2, -0.15) is 5.10 Å². The summed E-state index contributed by atoms with van der Waals surface area (Å²) >= 11 is 0. The fraction of sp³-hybridized carbons (Fsp3) is 0.682. The molecule has 2 aromatic heterocycles. The standard InChI is InChI=1S/C22H32N6O3/c1-25-8-9-28-22(25)19(11-24-28)21(30)23-10-18-14-27(20(29)15-31-18)13-17-4-6-26(7-5-17)12-16-2-3-16/h8-9,11,16-18H,2-7,10,12-15H2,1H3,(H,23,30). The molecule has 4 heterocycles. The summed E-state index contributed by atoms with van der Waals surface area (Å²) in [6, 6.07) is 0. The average molecular weight is 429 g/mol. The van der Waals surface area contributed by atoms with Gasteiger partial charge >= 0.3 is 0 Å². The third-order valence-electron chi connectivity index (χ3n) is 6.89. The van der Waals surface area contributed by atoms with Gasteiger partial charge in [0.25, 0.3) is 5.91 Å². The van der Waals surface area contributed by atoms with E-state index in [2.05, 4.69) is 15.3 Å². The molecule has 5 rings (SSSR count). The molecule has 1 aliphatic carbocycles. The van der Waals surface area contributed by atoms with Gasteiger partial charge in [-0.3, -0.25) is 9.59 Å². The van der Waals surface area contributed by atoms with E-state index in [1.807, 2.05) is 28.9 Å². The largest absolute Gasteiger partial charge is 0.365 e.